The van der Waals surface area contributed by atoms with Crippen molar-refractivity contribution in [2.75, 3.05) is 13.7 Å². The van der Waals surface area contributed by atoms with Gasteiger partial charge in [-0.1, -0.05) is 0 Å². The van der Waals surface area contributed by atoms with Crippen molar-refractivity contribution >= 4 is 0 Å². The molecule has 1 aromatic carbocycles. The summed E-state index contributed by atoms with van der Waals surface area (Å²) in [5.41, 5.74) is 0.892. The van der Waals surface area contributed by atoms with E-state index in [0.717, 1.165) is 11.3 Å². The molecule has 0 atom stereocenters. The number of benzene rings is 1. The molecule has 0 saturated heterocycles. The lowest BCUT2D eigenvalue weighted by molar-refractivity contribution is 0.340. The van der Waals surface area contributed by atoms with Gasteiger partial charge in [-0.15, -0.1) is 10.2 Å². The van der Waals surface area contributed by atoms with Crippen molar-refractivity contribution in [3.05, 3.63) is 30.2 Å². The first-order valence-corrected chi connectivity index (χ1v) is 5.53. The molecule has 0 fully saturated rings. The zero-order chi connectivity index (χ0) is 12.1. The highest BCUT2D eigenvalue weighted by Gasteiger charge is 2.07. The van der Waals surface area contributed by atoms with Gasteiger partial charge in [-0.05, 0) is 38.2 Å². The first kappa shape index (κ1) is 11.6. The zero-order valence-electron chi connectivity index (χ0n) is 9.93. The molecular formula is C12H15N3O2. The third kappa shape index (κ3) is 2.82. The molecule has 5 heteroatoms. The molecule has 0 amide bonds. The van der Waals surface area contributed by atoms with E-state index >= 15 is 0 Å². The molecule has 1 N–H and O–H groups in total. The smallest absolute Gasteiger partial charge is 0.247 e. The highest BCUT2D eigenvalue weighted by atomic mass is 16.5. The van der Waals surface area contributed by atoms with Gasteiger partial charge in [0.15, 0.2) is 0 Å². The Kier molecular flexibility index (Phi) is 3.72. The summed E-state index contributed by atoms with van der Waals surface area (Å²) < 4.78 is 10.8. The fraction of sp³-hybridized carbons (Fsp3) is 0.333. The van der Waals surface area contributed by atoms with Crippen LogP contribution < -0.4 is 10.1 Å². The van der Waals surface area contributed by atoms with Crippen molar-refractivity contribution in [1.82, 2.24) is 15.5 Å². The molecule has 0 bridgehead atoms. The fourth-order valence-corrected chi connectivity index (χ4v) is 1.45. The van der Waals surface area contributed by atoms with Crippen LogP contribution in [0.25, 0.3) is 11.5 Å². The van der Waals surface area contributed by atoms with E-state index < -0.39 is 0 Å². The number of ether oxygens (including phenoxy) is 1. The molecule has 0 unspecified atom stereocenters. The van der Waals surface area contributed by atoms with Gasteiger partial charge in [0.1, 0.15) is 5.75 Å². The Morgan fingerprint density at radius 2 is 2.00 bits per heavy atom. The molecule has 2 rings (SSSR count). The molecule has 0 aliphatic rings. The lowest BCUT2D eigenvalue weighted by Crippen LogP contribution is -2.04. The standard InChI is InChI=1S/C12H15N3O2/c1-3-16-10-6-4-9(5-7-10)12-15-14-11(17-12)8-13-2/h4-7,13H,3,8H2,1-2H3. The minimum Gasteiger partial charge on any atom is -0.494 e. The molecule has 0 aliphatic carbocycles. The predicted octanol–water partition coefficient (Wildman–Crippen LogP) is 1.85. The Morgan fingerprint density at radius 3 is 2.65 bits per heavy atom. The van der Waals surface area contributed by atoms with Gasteiger partial charge in [0, 0.05) is 5.56 Å². The van der Waals surface area contributed by atoms with Crippen molar-refractivity contribution in [1.29, 1.82) is 0 Å². The number of rotatable bonds is 5. The monoisotopic (exact) mass is 233 g/mol. The van der Waals surface area contributed by atoms with E-state index in [4.69, 9.17) is 9.15 Å². The number of hydrogen-bond donors (Lipinski definition) is 1. The van der Waals surface area contributed by atoms with Gasteiger partial charge in [-0.2, -0.15) is 0 Å². The average molecular weight is 233 g/mol. The average Bonchev–Trinajstić information content (AvgIpc) is 2.80. The lowest BCUT2D eigenvalue weighted by atomic mass is 10.2. The molecule has 90 valence electrons. The Balaban J connectivity index is 2.15. The summed E-state index contributed by atoms with van der Waals surface area (Å²) in [6, 6.07) is 7.59. The molecule has 17 heavy (non-hydrogen) atoms. The summed E-state index contributed by atoms with van der Waals surface area (Å²) in [6.45, 7) is 3.19. The first-order valence-electron chi connectivity index (χ1n) is 5.53. The second-order valence-electron chi connectivity index (χ2n) is 3.49. The first-order chi connectivity index (χ1) is 8.33. The molecule has 0 spiro atoms. The summed E-state index contributed by atoms with van der Waals surface area (Å²) in [4.78, 5) is 0. The van der Waals surface area contributed by atoms with Crippen LogP contribution in [0.1, 0.15) is 12.8 Å². The Hall–Kier alpha value is -1.88. The van der Waals surface area contributed by atoms with Crippen molar-refractivity contribution in [2.45, 2.75) is 13.5 Å². The van der Waals surface area contributed by atoms with Gasteiger partial charge < -0.3 is 14.5 Å². The number of nitrogens with one attached hydrogen (secondary N) is 1. The number of nitrogens with zero attached hydrogens (tertiary/aromatic N) is 2. The Bertz CT molecular complexity index is 465. The van der Waals surface area contributed by atoms with Gasteiger partial charge in [-0.3, -0.25) is 0 Å². The van der Waals surface area contributed by atoms with E-state index in [-0.39, 0.29) is 0 Å². The molecule has 0 radical (unpaired) electrons. The van der Waals surface area contributed by atoms with Crippen LogP contribution in [-0.4, -0.2) is 23.9 Å². The maximum Gasteiger partial charge on any atom is 0.247 e. The topological polar surface area (TPSA) is 60.2 Å². The van der Waals surface area contributed by atoms with Crippen molar-refractivity contribution < 1.29 is 9.15 Å². The van der Waals surface area contributed by atoms with Gasteiger partial charge in [0.25, 0.3) is 0 Å². The molecule has 2 aromatic rings. The van der Waals surface area contributed by atoms with Crippen LogP contribution in [0.4, 0.5) is 0 Å². The normalized spacial score (nSPS) is 10.5. The van der Waals surface area contributed by atoms with Crippen LogP contribution in [0.3, 0.4) is 0 Å². The quantitative estimate of drug-likeness (QED) is 0.854. The van der Waals surface area contributed by atoms with Crippen LogP contribution in [0.2, 0.25) is 0 Å². The maximum absolute atomic E-state index is 5.48. The molecule has 0 saturated carbocycles. The van der Waals surface area contributed by atoms with E-state index in [0.29, 0.717) is 24.9 Å². The minimum absolute atomic E-state index is 0.526. The van der Waals surface area contributed by atoms with E-state index in [1.54, 1.807) is 0 Å². The summed E-state index contributed by atoms with van der Waals surface area (Å²) in [6.07, 6.45) is 0. The number of aromatic nitrogens is 2. The third-order valence-corrected chi connectivity index (χ3v) is 2.21. The van der Waals surface area contributed by atoms with Gasteiger partial charge in [0.05, 0.1) is 13.2 Å². The van der Waals surface area contributed by atoms with Gasteiger partial charge in [0.2, 0.25) is 11.8 Å². The van der Waals surface area contributed by atoms with E-state index in [1.807, 2.05) is 38.2 Å². The summed E-state index contributed by atoms with van der Waals surface area (Å²) in [7, 11) is 1.83. The van der Waals surface area contributed by atoms with Crippen LogP contribution >= 0.6 is 0 Å². The molecular weight excluding hydrogens is 218 g/mol. The van der Waals surface area contributed by atoms with Crippen LogP contribution in [-0.2, 0) is 6.54 Å². The zero-order valence-corrected chi connectivity index (χ0v) is 9.93. The molecule has 1 heterocycles. The largest absolute Gasteiger partial charge is 0.494 e. The molecule has 5 nitrogen and oxygen atoms in total. The van der Waals surface area contributed by atoms with Crippen LogP contribution in [0.15, 0.2) is 28.7 Å². The number of hydrogen-bond acceptors (Lipinski definition) is 5. The Morgan fingerprint density at radius 1 is 1.24 bits per heavy atom. The van der Waals surface area contributed by atoms with E-state index in [9.17, 15) is 0 Å². The second-order valence-corrected chi connectivity index (χ2v) is 3.49. The summed E-state index contributed by atoms with van der Waals surface area (Å²) >= 11 is 0. The maximum atomic E-state index is 5.48. The summed E-state index contributed by atoms with van der Waals surface area (Å²) in [5.74, 6) is 1.95. The molecule has 1 aromatic heterocycles. The Labute approximate surface area is 99.8 Å². The highest BCUT2D eigenvalue weighted by molar-refractivity contribution is 5.53. The summed E-state index contributed by atoms with van der Waals surface area (Å²) in [5, 5.41) is 10.9. The second kappa shape index (κ2) is 5.45. The molecule has 0 aliphatic heterocycles. The lowest BCUT2D eigenvalue weighted by Gasteiger charge is -2.02. The fourth-order valence-electron chi connectivity index (χ4n) is 1.45. The van der Waals surface area contributed by atoms with Crippen molar-refractivity contribution in [3.8, 4) is 17.2 Å². The van der Waals surface area contributed by atoms with Crippen LogP contribution in [0.5, 0.6) is 5.75 Å². The van der Waals surface area contributed by atoms with Crippen molar-refractivity contribution in [3.63, 3.8) is 0 Å². The van der Waals surface area contributed by atoms with E-state index in [1.165, 1.54) is 0 Å². The predicted molar refractivity (Wildman–Crippen MR) is 63.7 cm³/mol. The van der Waals surface area contributed by atoms with Crippen LogP contribution in [0, 0.1) is 0 Å². The van der Waals surface area contributed by atoms with E-state index in [2.05, 4.69) is 15.5 Å². The van der Waals surface area contributed by atoms with Crippen molar-refractivity contribution in [2.24, 2.45) is 0 Å². The third-order valence-electron chi connectivity index (χ3n) is 2.21. The minimum atomic E-state index is 0.526. The van der Waals surface area contributed by atoms with Gasteiger partial charge >= 0.3 is 0 Å². The SMILES string of the molecule is CCOc1ccc(-c2nnc(CNC)o2)cc1. The van der Waals surface area contributed by atoms with Gasteiger partial charge in [-0.25, -0.2) is 0 Å². The highest BCUT2D eigenvalue weighted by Crippen LogP contribution is 2.21.